The molecule has 0 aliphatic heterocycles. The summed E-state index contributed by atoms with van der Waals surface area (Å²) < 4.78 is 2.11. The molecule has 104 valence electrons. The summed E-state index contributed by atoms with van der Waals surface area (Å²) in [4.78, 5) is 0. The Morgan fingerprint density at radius 2 is 2.00 bits per heavy atom. The maximum Gasteiger partial charge on any atom is 0.0706 e. The van der Waals surface area contributed by atoms with Gasteiger partial charge in [0.05, 0.1) is 11.2 Å². The predicted molar refractivity (Wildman–Crippen MR) is 81.4 cm³/mol. The van der Waals surface area contributed by atoms with Crippen molar-refractivity contribution in [2.24, 2.45) is 5.92 Å². The summed E-state index contributed by atoms with van der Waals surface area (Å²) >= 11 is 0. The number of para-hydroxylation sites is 1. The lowest BCUT2D eigenvalue weighted by Gasteiger charge is -2.15. The number of rotatable bonds is 6. The van der Waals surface area contributed by atoms with Crippen LogP contribution in [0.1, 0.15) is 32.9 Å². The highest BCUT2D eigenvalue weighted by molar-refractivity contribution is 5.81. The highest BCUT2D eigenvalue weighted by atomic mass is 15.3. The fourth-order valence-electron chi connectivity index (χ4n) is 2.72. The molecule has 0 saturated heterocycles. The minimum atomic E-state index is 0.564. The van der Waals surface area contributed by atoms with Gasteiger partial charge in [-0.1, -0.05) is 25.1 Å². The van der Waals surface area contributed by atoms with Crippen molar-refractivity contribution in [1.29, 1.82) is 0 Å². The van der Waals surface area contributed by atoms with Crippen LogP contribution in [0.3, 0.4) is 0 Å². The SMILES string of the molecule is CCn1nc(CC(C)CC(C)NC)c2ccccc21. The lowest BCUT2D eigenvalue weighted by atomic mass is 9.96. The standard InChI is InChI=1S/C16H25N3/c1-5-19-16-9-7-6-8-14(16)15(18-19)11-12(2)10-13(3)17-4/h6-9,12-13,17H,5,10-11H2,1-4H3. The first kappa shape index (κ1) is 14.1. The summed E-state index contributed by atoms with van der Waals surface area (Å²) in [5.74, 6) is 0.645. The van der Waals surface area contributed by atoms with Crippen molar-refractivity contribution >= 4 is 10.9 Å². The fraction of sp³-hybridized carbons (Fsp3) is 0.562. The number of nitrogens with one attached hydrogen (secondary N) is 1. The Bertz CT molecular complexity index is 530. The predicted octanol–water partition coefficient (Wildman–Crippen LogP) is 3.23. The van der Waals surface area contributed by atoms with Gasteiger partial charge in [0.15, 0.2) is 0 Å². The van der Waals surface area contributed by atoms with Gasteiger partial charge >= 0.3 is 0 Å². The van der Waals surface area contributed by atoms with Gasteiger partial charge in [0.2, 0.25) is 0 Å². The molecule has 1 aromatic heterocycles. The minimum Gasteiger partial charge on any atom is -0.317 e. The molecule has 1 aromatic carbocycles. The molecule has 0 aliphatic rings. The molecule has 0 fully saturated rings. The smallest absolute Gasteiger partial charge is 0.0706 e. The third-order valence-electron chi connectivity index (χ3n) is 3.82. The van der Waals surface area contributed by atoms with Crippen molar-refractivity contribution < 1.29 is 0 Å². The Kier molecular flexibility index (Phi) is 4.59. The molecule has 2 rings (SSSR count). The first-order valence-corrected chi connectivity index (χ1v) is 7.27. The van der Waals surface area contributed by atoms with E-state index in [1.54, 1.807) is 0 Å². The van der Waals surface area contributed by atoms with Crippen LogP contribution < -0.4 is 5.32 Å². The Morgan fingerprint density at radius 1 is 1.26 bits per heavy atom. The normalized spacial score (nSPS) is 14.7. The van der Waals surface area contributed by atoms with E-state index < -0.39 is 0 Å². The Hall–Kier alpha value is -1.35. The average molecular weight is 259 g/mol. The van der Waals surface area contributed by atoms with Gasteiger partial charge in [0.25, 0.3) is 0 Å². The van der Waals surface area contributed by atoms with Crippen LogP contribution >= 0.6 is 0 Å². The van der Waals surface area contributed by atoms with Crippen molar-refractivity contribution in [3.8, 4) is 0 Å². The number of nitrogens with zero attached hydrogens (tertiary/aromatic N) is 2. The number of aryl methyl sites for hydroxylation is 1. The second kappa shape index (κ2) is 6.20. The zero-order valence-electron chi connectivity index (χ0n) is 12.5. The molecule has 2 atom stereocenters. The van der Waals surface area contributed by atoms with Crippen molar-refractivity contribution in [3.63, 3.8) is 0 Å². The van der Waals surface area contributed by atoms with Gasteiger partial charge in [-0.15, -0.1) is 0 Å². The van der Waals surface area contributed by atoms with Gasteiger partial charge in [0.1, 0.15) is 0 Å². The molecule has 2 unspecified atom stereocenters. The zero-order chi connectivity index (χ0) is 13.8. The lowest BCUT2D eigenvalue weighted by Crippen LogP contribution is -2.24. The average Bonchev–Trinajstić information content (AvgIpc) is 2.77. The molecule has 0 amide bonds. The molecular weight excluding hydrogens is 234 g/mol. The summed E-state index contributed by atoms with van der Waals surface area (Å²) in [5.41, 5.74) is 2.50. The van der Waals surface area contributed by atoms with Gasteiger partial charge in [-0.25, -0.2) is 0 Å². The van der Waals surface area contributed by atoms with E-state index in [1.165, 1.54) is 23.0 Å². The van der Waals surface area contributed by atoms with Crippen LogP contribution in [0.5, 0.6) is 0 Å². The maximum atomic E-state index is 4.78. The molecule has 19 heavy (non-hydrogen) atoms. The van der Waals surface area contributed by atoms with E-state index in [0.717, 1.165) is 13.0 Å². The number of hydrogen-bond acceptors (Lipinski definition) is 2. The van der Waals surface area contributed by atoms with E-state index in [0.29, 0.717) is 12.0 Å². The molecule has 2 aromatic rings. The van der Waals surface area contributed by atoms with E-state index in [1.807, 2.05) is 7.05 Å². The van der Waals surface area contributed by atoms with E-state index in [4.69, 9.17) is 5.10 Å². The summed E-state index contributed by atoms with van der Waals surface area (Å²) in [6, 6.07) is 9.12. The van der Waals surface area contributed by atoms with E-state index in [-0.39, 0.29) is 0 Å². The molecule has 3 nitrogen and oxygen atoms in total. The lowest BCUT2D eigenvalue weighted by molar-refractivity contribution is 0.436. The van der Waals surface area contributed by atoms with E-state index in [9.17, 15) is 0 Å². The van der Waals surface area contributed by atoms with Gasteiger partial charge in [-0.2, -0.15) is 5.10 Å². The van der Waals surface area contributed by atoms with Gasteiger partial charge in [-0.05, 0) is 45.7 Å². The van der Waals surface area contributed by atoms with Crippen LogP contribution in [0.2, 0.25) is 0 Å². The largest absolute Gasteiger partial charge is 0.317 e. The van der Waals surface area contributed by atoms with E-state index >= 15 is 0 Å². The second-order valence-electron chi connectivity index (χ2n) is 5.51. The monoisotopic (exact) mass is 259 g/mol. The summed E-state index contributed by atoms with van der Waals surface area (Å²) in [6.07, 6.45) is 2.24. The summed E-state index contributed by atoms with van der Waals surface area (Å²) in [6.45, 7) is 7.63. The fourth-order valence-corrected chi connectivity index (χ4v) is 2.72. The highest BCUT2D eigenvalue weighted by Crippen LogP contribution is 2.22. The first-order valence-electron chi connectivity index (χ1n) is 7.27. The van der Waals surface area contributed by atoms with E-state index in [2.05, 4.69) is 55.0 Å². The van der Waals surface area contributed by atoms with Crippen LogP contribution in [0, 0.1) is 5.92 Å². The topological polar surface area (TPSA) is 29.9 Å². The first-order chi connectivity index (χ1) is 9.15. The highest BCUT2D eigenvalue weighted by Gasteiger charge is 2.14. The molecule has 0 aliphatic carbocycles. The summed E-state index contributed by atoms with van der Waals surface area (Å²) in [7, 11) is 2.03. The van der Waals surface area contributed by atoms with Gasteiger partial charge in [0, 0.05) is 18.0 Å². The third-order valence-corrected chi connectivity index (χ3v) is 3.82. The molecule has 1 N–H and O–H groups in total. The number of fused-ring (bicyclic) bond motifs is 1. The molecule has 0 saturated carbocycles. The second-order valence-corrected chi connectivity index (χ2v) is 5.51. The van der Waals surface area contributed by atoms with Gasteiger partial charge < -0.3 is 5.32 Å². The van der Waals surface area contributed by atoms with Crippen LogP contribution in [-0.4, -0.2) is 22.9 Å². The molecular formula is C16H25N3. The number of aromatic nitrogens is 2. The quantitative estimate of drug-likeness (QED) is 0.863. The third kappa shape index (κ3) is 3.16. The Labute approximate surface area is 116 Å². The summed E-state index contributed by atoms with van der Waals surface area (Å²) in [5, 5.41) is 9.40. The Morgan fingerprint density at radius 3 is 2.68 bits per heavy atom. The van der Waals surface area contributed by atoms with Crippen molar-refractivity contribution in [3.05, 3.63) is 30.0 Å². The van der Waals surface area contributed by atoms with Crippen LogP contribution in [0.25, 0.3) is 10.9 Å². The Balaban J connectivity index is 2.21. The van der Waals surface area contributed by atoms with Crippen LogP contribution in [-0.2, 0) is 13.0 Å². The van der Waals surface area contributed by atoms with Crippen LogP contribution in [0.15, 0.2) is 24.3 Å². The van der Waals surface area contributed by atoms with Crippen molar-refractivity contribution in [2.75, 3.05) is 7.05 Å². The van der Waals surface area contributed by atoms with Crippen LogP contribution in [0.4, 0.5) is 0 Å². The molecule has 0 bridgehead atoms. The van der Waals surface area contributed by atoms with Crippen molar-refractivity contribution in [2.45, 2.75) is 46.2 Å². The molecule has 3 heteroatoms. The minimum absolute atomic E-state index is 0.564. The molecule has 0 spiro atoms. The molecule has 1 heterocycles. The van der Waals surface area contributed by atoms with Crippen molar-refractivity contribution in [1.82, 2.24) is 15.1 Å². The number of hydrogen-bond donors (Lipinski definition) is 1. The zero-order valence-corrected chi connectivity index (χ0v) is 12.5. The number of benzene rings is 1. The maximum absolute atomic E-state index is 4.78. The van der Waals surface area contributed by atoms with Gasteiger partial charge in [-0.3, -0.25) is 4.68 Å². The molecule has 0 radical (unpaired) electrons.